The zero-order valence-corrected chi connectivity index (χ0v) is 19.8. The van der Waals surface area contributed by atoms with Crippen molar-refractivity contribution in [1.82, 2.24) is 9.97 Å². The summed E-state index contributed by atoms with van der Waals surface area (Å²) in [4.78, 5) is 7.32. The molecule has 1 aromatic heterocycles. The predicted octanol–water partition coefficient (Wildman–Crippen LogP) is 5.30. The Hall–Kier alpha value is -4.32. The fourth-order valence-corrected chi connectivity index (χ4v) is 4.98. The summed E-state index contributed by atoms with van der Waals surface area (Å²) in [5.74, 6) is 1.16. The van der Waals surface area contributed by atoms with Crippen LogP contribution in [0.15, 0.2) is 84.0 Å². The van der Waals surface area contributed by atoms with Crippen molar-refractivity contribution in [3.63, 3.8) is 0 Å². The van der Waals surface area contributed by atoms with Gasteiger partial charge in [-0.1, -0.05) is 36.4 Å². The quantitative estimate of drug-likeness (QED) is 0.335. The summed E-state index contributed by atoms with van der Waals surface area (Å²) in [6, 6.07) is 16.6. The van der Waals surface area contributed by atoms with E-state index in [4.69, 9.17) is 9.47 Å². The zero-order chi connectivity index (χ0) is 26.0. The van der Waals surface area contributed by atoms with Crippen molar-refractivity contribution in [2.45, 2.75) is 17.6 Å². The number of nitrogens with one attached hydrogen (secondary N) is 2. The van der Waals surface area contributed by atoms with Gasteiger partial charge >= 0.3 is 6.18 Å². The van der Waals surface area contributed by atoms with Crippen LogP contribution in [0.4, 0.5) is 24.7 Å². The third kappa shape index (κ3) is 5.28. The van der Waals surface area contributed by atoms with Crippen molar-refractivity contribution in [3.05, 3.63) is 90.3 Å². The number of alkyl halides is 3. The Morgan fingerprint density at radius 1 is 0.892 bits per heavy atom. The molecule has 12 heteroatoms. The monoisotopic (exact) mass is 528 g/mol. The largest absolute Gasteiger partial charge is 0.454 e. The van der Waals surface area contributed by atoms with E-state index >= 15 is 0 Å². The van der Waals surface area contributed by atoms with Gasteiger partial charge in [0.15, 0.2) is 17.3 Å². The molecule has 0 fully saturated rings. The highest BCUT2D eigenvalue weighted by atomic mass is 32.2. The van der Waals surface area contributed by atoms with Crippen LogP contribution in [0.25, 0.3) is 11.3 Å². The van der Waals surface area contributed by atoms with Crippen LogP contribution >= 0.6 is 0 Å². The molecule has 0 saturated heterocycles. The highest BCUT2D eigenvalue weighted by Gasteiger charge is 2.37. The average molecular weight is 529 g/mol. The van der Waals surface area contributed by atoms with E-state index in [1.54, 1.807) is 12.1 Å². The highest BCUT2D eigenvalue weighted by Crippen LogP contribution is 2.36. The van der Waals surface area contributed by atoms with Crippen LogP contribution in [-0.2, 0) is 22.7 Å². The molecule has 4 aromatic rings. The minimum atomic E-state index is -4.85. The van der Waals surface area contributed by atoms with E-state index in [0.29, 0.717) is 29.7 Å². The fraction of sp³-hybridized carbons (Fsp3) is 0.120. The standard InChI is InChI=1S/C25H19F3N4O4S/c26-25(27,28)19-3-1-2-4-22(19)37(33,34)32-24-23(29-11-12-30-24)17-7-5-16(6-8-17)14-31-18-9-10-20-21(13-18)36-15-35-20/h1-13,31H,14-15H2,(H,30,32). The Morgan fingerprint density at radius 3 is 2.41 bits per heavy atom. The maximum Gasteiger partial charge on any atom is 0.417 e. The van der Waals surface area contributed by atoms with Gasteiger partial charge < -0.3 is 14.8 Å². The summed E-state index contributed by atoms with van der Waals surface area (Å²) < 4.78 is 78.8. The van der Waals surface area contributed by atoms with Gasteiger partial charge in [-0.2, -0.15) is 13.2 Å². The minimum absolute atomic E-state index is 0.172. The summed E-state index contributed by atoms with van der Waals surface area (Å²) in [6.45, 7) is 0.684. The van der Waals surface area contributed by atoms with Gasteiger partial charge in [0.1, 0.15) is 5.69 Å². The lowest BCUT2D eigenvalue weighted by atomic mass is 10.1. The van der Waals surface area contributed by atoms with E-state index in [1.165, 1.54) is 18.5 Å². The Balaban J connectivity index is 1.34. The molecular formula is C25H19F3N4O4S. The number of hydrogen-bond donors (Lipinski definition) is 2. The zero-order valence-electron chi connectivity index (χ0n) is 19.0. The lowest BCUT2D eigenvalue weighted by Gasteiger charge is -2.15. The normalized spacial score (nSPS) is 12.8. The first-order chi connectivity index (χ1) is 17.7. The molecule has 37 heavy (non-hydrogen) atoms. The van der Waals surface area contributed by atoms with Crippen LogP contribution < -0.4 is 19.5 Å². The van der Waals surface area contributed by atoms with Crippen LogP contribution in [0.3, 0.4) is 0 Å². The lowest BCUT2D eigenvalue weighted by Crippen LogP contribution is -2.20. The first kappa shape index (κ1) is 24.4. The van der Waals surface area contributed by atoms with Gasteiger partial charge in [0.25, 0.3) is 10.0 Å². The molecule has 1 aliphatic heterocycles. The molecule has 1 aliphatic rings. The molecule has 0 aliphatic carbocycles. The molecule has 0 amide bonds. The SMILES string of the molecule is O=S(=O)(Nc1nccnc1-c1ccc(CNc2ccc3c(c2)OCO3)cc1)c1ccccc1C(F)(F)F. The van der Waals surface area contributed by atoms with E-state index < -0.39 is 26.7 Å². The van der Waals surface area contributed by atoms with Gasteiger partial charge in [-0.3, -0.25) is 9.71 Å². The van der Waals surface area contributed by atoms with Crippen LogP contribution in [0.1, 0.15) is 11.1 Å². The third-order valence-electron chi connectivity index (χ3n) is 5.51. The Morgan fingerprint density at radius 2 is 1.62 bits per heavy atom. The van der Waals surface area contributed by atoms with Crippen molar-refractivity contribution in [1.29, 1.82) is 0 Å². The predicted molar refractivity (Wildman–Crippen MR) is 130 cm³/mol. The molecule has 0 atom stereocenters. The van der Waals surface area contributed by atoms with Crippen LogP contribution in [0.5, 0.6) is 11.5 Å². The van der Waals surface area contributed by atoms with Crippen molar-refractivity contribution in [2.24, 2.45) is 0 Å². The summed E-state index contributed by atoms with van der Waals surface area (Å²) >= 11 is 0. The molecule has 3 aromatic carbocycles. The van der Waals surface area contributed by atoms with Crippen LogP contribution in [0, 0.1) is 0 Å². The Labute approximate surface area is 210 Å². The fourth-order valence-electron chi connectivity index (χ4n) is 3.73. The topological polar surface area (TPSA) is 102 Å². The summed E-state index contributed by atoms with van der Waals surface area (Å²) in [5, 5.41) is 3.28. The molecule has 2 heterocycles. The van der Waals surface area contributed by atoms with Gasteiger partial charge in [-0.05, 0) is 29.8 Å². The van der Waals surface area contributed by atoms with Crippen molar-refractivity contribution >= 4 is 21.5 Å². The number of nitrogens with zero attached hydrogens (tertiary/aromatic N) is 2. The molecule has 0 radical (unpaired) electrons. The molecule has 0 unspecified atom stereocenters. The number of aromatic nitrogens is 2. The lowest BCUT2D eigenvalue weighted by molar-refractivity contribution is -0.139. The van der Waals surface area contributed by atoms with Crippen LogP contribution in [0.2, 0.25) is 0 Å². The molecule has 8 nitrogen and oxygen atoms in total. The number of anilines is 2. The molecule has 2 N–H and O–H groups in total. The van der Waals surface area contributed by atoms with Gasteiger partial charge in [0.05, 0.1) is 10.5 Å². The van der Waals surface area contributed by atoms with Crippen LogP contribution in [-0.4, -0.2) is 25.2 Å². The van der Waals surface area contributed by atoms with E-state index in [0.717, 1.165) is 23.4 Å². The van der Waals surface area contributed by atoms with Crippen molar-refractivity contribution in [2.75, 3.05) is 16.8 Å². The van der Waals surface area contributed by atoms with Gasteiger partial charge in [0, 0.05) is 36.3 Å². The number of halogens is 3. The van der Waals surface area contributed by atoms with E-state index in [-0.39, 0.29) is 18.3 Å². The molecular weight excluding hydrogens is 509 g/mol. The van der Waals surface area contributed by atoms with Crippen molar-refractivity contribution < 1.29 is 31.1 Å². The second-order valence-electron chi connectivity index (χ2n) is 7.97. The number of rotatable bonds is 7. The van der Waals surface area contributed by atoms with E-state index in [9.17, 15) is 21.6 Å². The number of fused-ring (bicyclic) bond motifs is 1. The minimum Gasteiger partial charge on any atom is -0.454 e. The molecule has 0 bridgehead atoms. The summed E-state index contributed by atoms with van der Waals surface area (Å²) in [7, 11) is -4.61. The Kier molecular flexibility index (Phi) is 6.34. The van der Waals surface area contributed by atoms with Gasteiger partial charge in [0.2, 0.25) is 6.79 Å². The third-order valence-corrected chi connectivity index (χ3v) is 6.90. The average Bonchev–Trinajstić information content (AvgIpc) is 3.36. The Bertz CT molecular complexity index is 1540. The van der Waals surface area contributed by atoms with Gasteiger partial charge in [-0.15, -0.1) is 0 Å². The number of sulfonamides is 1. The van der Waals surface area contributed by atoms with E-state index in [1.807, 2.05) is 30.3 Å². The maximum atomic E-state index is 13.4. The first-order valence-corrected chi connectivity index (χ1v) is 12.4. The maximum absolute atomic E-state index is 13.4. The summed E-state index contributed by atoms with van der Waals surface area (Å²) in [5.41, 5.74) is 1.20. The number of ether oxygens (including phenoxy) is 2. The number of hydrogen-bond acceptors (Lipinski definition) is 7. The first-order valence-electron chi connectivity index (χ1n) is 10.9. The van der Waals surface area contributed by atoms with Crippen molar-refractivity contribution in [3.8, 4) is 22.8 Å². The number of benzene rings is 3. The van der Waals surface area contributed by atoms with Gasteiger partial charge in [-0.25, -0.2) is 13.4 Å². The molecule has 190 valence electrons. The molecule has 0 saturated carbocycles. The smallest absolute Gasteiger partial charge is 0.417 e. The second-order valence-corrected chi connectivity index (χ2v) is 9.62. The highest BCUT2D eigenvalue weighted by molar-refractivity contribution is 7.92. The summed E-state index contributed by atoms with van der Waals surface area (Å²) in [6.07, 6.45) is -2.23. The van der Waals surface area contributed by atoms with E-state index in [2.05, 4.69) is 20.0 Å². The second kappa shape index (κ2) is 9.62. The molecule has 0 spiro atoms. The molecule has 5 rings (SSSR count).